The van der Waals surface area contributed by atoms with E-state index in [4.69, 9.17) is 24.5 Å². The summed E-state index contributed by atoms with van der Waals surface area (Å²) in [6, 6.07) is 6.57. The van der Waals surface area contributed by atoms with Crippen LogP contribution in [0.1, 0.15) is 26.3 Å². The molecule has 11 heteroatoms. The molecule has 1 fully saturated rings. The van der Waals surface area contributed by atoms with Gasteiger partial charge in [-0.1, -0.05) is 34.6 Å². The molecule has 0 spiro atoms. The zero-order chi connectivity index (χ0) is 22.3. The first-order chi connectivity index (χ1) is 14.2. The standard InChI is InChI=1S/C19H23N3O7S/c1-10-5-7-14(8-6-10)30-19-16(21-22-20)18(28-13(4)25)17(27-12(3)24)15(29-19)9-26-11(2)23/h5-8,15-19H,9H2,1-4H3/t15-,16-,17-,18-,19+/m1/s1. The molecule has 162 valence electrons. The first-order valence-corrected chi connectivity index (χ1v) is 10.00. The Balaban J connectivity index is 2.41. The molecular weight excluding hydrogens is 414 g/mol. The number of carbonyl (C=O) groups is 3. The van der Waals surface area contributed by atoms with Gasteiger partial charge in [0.25, 0.3) is 0 Å². The Labute approximate surface area is 177 Å². The van der Waals surface area contributed by atoms with Crippen molar-refractivity contribution < 1.29 is 33.3 Å². The Hall–Kier alpha value is -2.75. The predicted octanol–water partition coefficient (Wildman–Crippen LogP) is 2.92. The van der Waals surface area contributed by atoms with Gasteiger partial charge >= 0.3 is 17.9 Å². The second-order valence-electron chi connectivity index (χ2n) is 6.62. The SMILES string of the molecule is CC(=O)OC[C@H]1O[C@@H](Sc2ccc(C)cc2)[C@H](N=[N+]=[N-])[C@@H](OC(C)=O)[C@@H]1OC(C)=O. The van der Waals surface area contributed by atoms with Crippen molar-refractivity contribution in [2.45, 2.75) is 62.4 Å². The molecule has 2 rings (SSSR count). The van der Waals surface area contributed by atoms with Crippen LogP contribution in [0.3, 0.4) is 0 Å². The van der Waals surface area contributed by atoms with Crippen molar-refractivity contribution in [3.05, 3.63) is 40.3 Å². The maximum Gasteiger partial charge on any atom is 0.303 e. The molecule has 1 aliphatic heterocycles. The van der Waals surface area contributed by atoms with Crippen molar-refractivity contribution in [1.29, 1.82) is 0 Å². The molecule has 30 heavy (non-hydrogen) atoms. The predicted molar refractivity (Wildman–Crippen MR) is 106 cm³/mol. The van der Waals surface area contributed by atoms with Crippen LogP contribution in [-0.2, 0) is 33.3 Å². The fraction of sp³-hybridized carbons (Fsp3) is 0.526. The number of benzene rings is 1. The second kappa shape index (κ2) is 10.9. The van der Waals surface area contributed by atoms with E-state index in [-0.39, 0.29) is 6.61 Å². The van der Waals surface area contributed by atoms with E-state index in [1.165, 1.54) is 32.5 Å². The molecular formula is C19H23N3O7S. The highest BCUT2D eigenvalue weighted by Gasteiger charge is 2.50. The monoisotopic (exact) mass is 437 g/mol. The van der Waals surface area contributed by atoms with Gasteiger partial charge in [0.1, 0.15) is 24.2 Å². The van der Waals surface area contributed by atoms with Gasteiger partial charge in [-0.15, -0.1) is 0 Å². The van der Waals surface area contributed by atoms with Gasteiger partial charge in [-0.05, 0) is 24.6 Å². The number of carbonyl (C=O) groups excluding carboxylic acids is 3. The molecule has 0 unspecified atom stereocenters. The van der Waals surface area contributed by atoms with Gasteiger partial charge in [-0.3, -0.25) is 14.4 Å². The molecule has 5 atom stereocenters. The minimum absolute atomic E-state index is 0.237. The topological polar surface area (TPSA) is 137 Å². The summed E-state index contributed by atoms with van der Waals surface area (Å²) in [5, 5.41) is 3.76. The van der Waals surface area contributed by atoms with Crippen molar-refractivity contribution in [2.75, 3.05) is 6.61 Å². The van der Waals surface area contributed by atoms with Crippen LogP contribution in [0.4, 0.5) is 0 Å². The molecule has 0 saturated carbocycles. The number of azide groups is 1. The van der Waals surface area contributed by atoms with Crippen LogP contribution in [0.2, 0.25) is 0 Å². The Morgan fingerprint density at radius 1 is 1.07 bits per heavy atom. The average Bonchev–Trinajstić information content (AvgIpc) is 2.66. The van der Waals surface area contributed by atoms with E-state index >= 15 is 0 Å². The quantitative estimate of drug-likeness (QED) is 0.209. The lowest BCUT2D eigenvalue weighted by Gasteiger charge is -2.43. The smallest absolute Gasteiger partial charge is 0.303 e. The van der Waals surface area contributed by atoms with Gasteiger partial charge in [0.15, 0.2) is 12.2 Å². The molecule has 10 nitrogen and oxygen atoms in total. The van der Waals surface area contributed by atoms with Gasteiger partial charge < -0.3 is 18.9 Å². The van der Waals surface area contributed by atoms with Crippen LogP contribution >= 0.6 is 11.8 Å². The molecule has 0 amide bonds. The molecule has 0 bridgehead atoms. The maximum absolute atomic E-state index is 11.7. The zero-order valence-electron chi connectivity index (χ0n) is 17.0. The number of aryl methyl sites for hydroxylation is 1. The summed E-state index contributed by atoms with van der Waals surface area (Å²) in [5.41, 5.74) is 9.35. The van der Waals surface area contributed by atoms with Crippen LogP contribution in [0.15, 0.2) is 34.3 Å². The highest BCUT2D eigenvalue weighted by Crippen LogP contribution is 2.37. The summed E-state index contributed by atoms with van der Waals surface area (Å²) >= 11 is 1.25. The minimum Gasteiger partial charge on any atom is -0.463 e. The fourth-order valence-corrected chi connectivity index (χ4v) is 4.02. The molecule has 0 N–H and O–H groups in total. The van der Waals surface area contributed by atoms with Crippen molar-refractivity contribution in [3.8, 4) is 0 Å². The van der Waals surface area contributed by atoms with Crippen LogP contribution in [0.25, 0.3) is 10.4 Å². The van der Waals surface area contributed by atoms with Gasteiger partial charge in [0, 0.05) is 30.6 Å². The Morgan fingerprint density at radius 2 is 1.67 bits per heavy atom. The molecule has 1 aromatic rings. The number of nitrogens with zero attached hydrogens (tertiary/aromatic N) is 3. The van der Waals surface area contributed by atoms with E-state index in [1.807, 2.05) is 31.2 Å². The first kappa shape index (κ1) is 23.5. The van der Waals surface area contributed by atoms with Crippen molar-refractivity contribution in [3.63, 3.8) is 0 Å². The van der Waals surface area contributed by atoms with E-state index in [2.05, 4.69) is 10.0 Å². The van der Waals surface area contributed by atoms with Crippen LogP contribution in [0.5, 0.6) is 0 Å². The number of esters is 3. The maximum atomic E-state index is 11.7. The van der Waals surface area contributed by atoms with Crippen LogP contribution < -0.4 is 0 Å². The third-order valence-electron chi connectivity index (χ3n) is 4.13. The number of hydrogen-bond acceptors (Lipinski definition) is 9. The second-order valence-corrected chi connectivity index (χ2v) is 7.79. The lowest BCUT2D eigenvalue weighted by molar-refractivity contribution is -0.208. The van der Waals surface area contributed by atoms with Crippen molar-refractivity contribution >= 4 is 29.7 Å². The van der Waals surface area contributed by atoms with E-state index < -0.39 is 47.7 Å². The average molecular weight is 437 g/mol. The molecule has 1 heterocycles. The Bertz CT molecular complexity index is 826. The first-order valence-electron chi connectivity index (χ1n) is 9.12. The molecule has 0 radical (unpaired) electrons. The summed E-state index contributed by atoms with van der Waals surface area (Å²) in [5.74, 6) is -1.86. The molecule has 1 aliphatic rings. The summed E-state index contributed by atoms with van der Waals surface area (Å²) in [6.45, 7) is 5.32. The lowest BCUT2D eigenvalue weighted by Crippen LogP contribution is -2.59. The van der Waals surface area contributed by atoms with E-state index in [0.29, 0.717) is 0 Å². The fourth-order valence-electron chi connectivity index (χ4n) is 2.92. The normalized spacial score (nSPS) is 25.5. The van der Waals surface area contributed by atoms with Crippen LogP contribution in [0, 0.1) is 6.92 Å². The van der Waals surface area contributed by atoms with E-state index in [0.717, 1.165) is 10.5 Å². The number of rotatable bonds is 7. The number of ether oxygens (including phenoxy) is 4. The summed E-state index contributed by atoms with van der Waals surface area (Å²) in [6.07, 6.45) is -3.19. The minimum atomic E-state index is -1.13. The number of hydrogen-bond donors (Lipinski definition) is 0. The summed E-state index contributed by atoms with van der Waals surface area (Å²) in [7, 11) is 0. The summed E-state index contributed by atoms with van der Waals surface area (Å²) in [4.78, 5) is 38.4. The highest BCUT2D eigenvalue weighted by atomic mass is 32.2. The molecule has 1 saturated heterocycles. The lowest BCUT2D eigenvalue weighted by atomic mass is 9.98. The zero-order valence-corrected chi connectivity index (χ0v) is 17.8. The van der Waals surface area contributed by atoms with Crippen LogP contribution in [-0.4, -0.2) is 54.3 Å². The van der Waals surface area contributed by atoms with Gasteiger partial charge in [0.2, 0.25) is 0 Å². The van der Waals surface area contributed by atoms with E-state index in [1.54, 1.807) is 0 Å². The third kappa shape index (κ3) is 6.65. The van der Waals surface area contributed by atoms with Crippen molar-refractivity contribution in [2.24, 2.45) is 5.11 Å². The molecule has 0 aromatic heterocycles. The largest absolute Gasteiger partial charge is 0.463 e. The summed E-state index contributed by atoms with van der Waals surface area (Å²) < 4.78 is 21.8. The van der Waals surface area contributed by atoms with Gasteiger partial charge in [-0.2, -0.15) is 0 Å². The van der Waals surface area contributed by atoms with Gasteiger partial charge in [0.05, 0.1) is 0 Å². The van der Waals surface area contributed by atoms with E-state index in [9.17, 15) is 14.4 Å². The molecule has 1 aromatic carbocycles. The van der Waals surface area contributed by atoms with Crippen molar-refractivity contribution in [1.82, 2.24) is 0 Å². The third-order valence-corrected chi connectivity index (χ3v) is 5.29. The Kier molecular flexibility index (Phi) is 8.52. The molecule has 0 aliphatic carbocycles. The number of thioether (sulfide) groups is 1. The Morgan fingerprint density at radius 3 is 2.20 bits per heavy atom. The highest BCUT2D eigenvalue weighted by molar-refractivity contribution is 7.99. The van der Waals surface area contributed by atoms with Gasteiger partial charge in [-0.25, -0.2) is 0 Å².